The number of anilines is 1. The summed E-state index contributed by atoms with van der Waals surface area (Å²) in [5.74, 6) is -0.453. The largest absolute Gasteiger partial charge is 0.387 e. The molecular weight excluding hydrogens is 537 g/mol. The van der Waals surface area contributed by atoms with Crippen LogP contribution in [-0.2, 0) is 4.74 Å². The molecular formula is C31H38FN7O3. The second kappa shape index (κ2) is 10.9. The van der Waals surface area contributed by atoms with Crippen molar-refractivity contribution >= 4 is 17.1 Å². The molecule has 222 valence electrons. The molecule has 0 unspecified atom stereocenters. The van der Waals surface area contributed by atoms with Gasteiger partial charge in [0.1, 0.15) is 12.2 Å². The van der Waals surface area contributed by atoms with Crippen molar-refractivity contribution in [3.63, 3.8) is 0 Å². The first-order valence-electron chi connectivity index (χ1n) is 14.8. The first-order valence-corrected chi connectivity index (χ1v) is 14.8. The summed E-state index contributed by atoms with van der Waals surface area (Å²) in [6.07, 6.45) is 7.63. The van der Waals surface area contributed by atoms with Crippen LogP contribution in [0.5, 0.6) is 0 Å². The molecule has 1 saturated heterocycles. The second-order valence-electron chi connectivity index (χ2n) is 12.6. The van der Waals surface area contributed by atoms with Crippen LogP contribution in [0.25, 0.3) is 16.9 Å². The normalized spacial score (nSPS) is 25.2. The highest BCUT2D eigenvalue weighted by atomic mass is 19.1. The van der Waals surface area contributed by atoms with Crippen LogP contribution < -0.4 is 10.6 Å². The van der Waals surface area contributed by atoms with E-state index in [0.29, 0.717) is 22.5 Å². The molecule has 4 fully saturated rings. The molecule has 7 rings (SSSR count). The van der Waals surface area contributed by atoms with Gasteiger partial charge in [0.05, 0.1) is 65.3 Å². The monoisotopic (exact) mass is 575 g/mol. The lowest BCUT2D eigenvalue weighted by Gasteiger charge is -2.58. The van der Waals surface area contributed by atoms with Crippen LogP contribution in [0.1, 0.15) is 68.3 Å². The van der Waals surface area contributed by atoms with Crippen molar-refractivity contribution in [2.45, 2.75) is 75.2 Å². The first kappa shape index (κ1) is 28.5. The quantitative estimate of drug-likeness (QED) is 0.371. The van der Waals surface area contributed by atoms with E-state index >= 15 is 0 Å². The van der Waals surface area contributed by atoms with E-state index in [1.165, 1.54) is 26.2 Å². The number of nitrogens with one attached hydrogen (secondary N) is 2. The van der Waals surface area contributed by atoms with E-state index in [1.807, 2.05) is 18.2 Å². The minimum absolute atomic E-state index is 0.154. The van der Waals surface area contributed by atoms with Crippen LogP contribution in [0.2, 0.25) is 0 Å². The zero-order valence-corrected chi connectivity index (χ0v) is 24.2. The standard InChI is InChI=1S/C31H38FN7O3/c1-29(2,41)27(32)20-35-28(40)23-19-34-25(26-4-3-22-15-21(17-33)18-36-39(22)26)16-24(23)37-30-5-8-31(9-6-30,10-7-30)38-11-13-42-14-12-38/h3-4,15-16,18-19,27,41H,5-14,20H2,1-2H3,(H,34,37)(H,35,40)/t27-,30?,31?/m1/s1. The van der Waals surface area contributed by atoms with E-state index in [0.717, 1.165) is 76.0 Å². The number of fused-ring (bicyclic) bond motifs is 4. The molecule has 1 amide bonds. The highest BCUT2D eigenvalue weighted by molar-refractivity contribution is 6.00. The molecule has 10 nitrogen and oxygen atoms in total. The highest BCUT2D eigenvalue weighted by Crippen LogP contribution is 2.51. The minimum atomic E-state index is -1.62. The lowest BCUT2D eigenvalue weighted by Crippen LogP contribution is -2.62. The van der Waals surface area contributed by atoms with Crippen LogP contribution in [0.4, 0.5) is 10.1 Å². The number of alkyl halides is 1. The maximum Gasteiger partial charge on any atom is 0.255 e. The number of hydrogen-bond acceptors (Lipinski definition) is 8. The van der Waals surface area contributed by atoms with E-state index in [9.17, 15) is 19.6 Å². The molecule has 3 aromatic rings. The summed E-state index contributed by atoms with van der Waals surface area (Å²) in [7, 11) is 0. The van der Waals surface area contributed by atoms with Crippen LogP contribution in [-0.4, -0.2) is 86.2 Å². The Balaban J connectivity index is 1.29. The fourth-order valence-corrected chi connectivity index (χ4v) is 6.81. The number of aliphatic hydroxyl groups is 1. The maximum absolute atomic E-state index is 14.5. The van der Waals surface area contributed by atoms with E-state index in [-0.39, 0.29) is 17.6 Å². The van der Waals surface area contributed by atoms with Gasteiger partial charge in [-0.1, -0.05) is 0 Å². The van der Waals surface area contributed by atoms with Gasteiger partial charge in [0, 0.05) is 30.4 Å². The molecule has 11 heteroatoms. The van der Waals surface area contributed by atoms with Gasteiger partial charge in [-0.3, -0.25) is 14.7 Å². The van der Waals surface area contributed by atoms with Gasteiger partial charge in [-0.05, 0) is 76.6 Å². The van der Waals surface area contributed by atoms with Crippen LogP contribution >= 0.6 is 0 Å². The molecule has 3 saturated carbocycles. The smallest absolute Gasteiger partial charge is 0.255 e. The number of amides is 1. The maximum atomic E-state index is 14.5. The Labute approximate surface area is 244 Å². The third-order valence-electron chi connectivity index (χ3n) is 9.54. The zero-order chi connectivity index (χ0) is 29.5. The lowest BCUT2D eigenvalue weighted by molar-refractivity contribution is -0.0689. The van der Waals surface area contributed by atoms with Crippen molar-refractivity contribution in [1.29, 1.82) is 5.26 Å². The molecule has 1 atom stereocenters. The molecule has 3 aliphatic carbocycles. The summed E-state index contributed by atoms with van der Waals surface area (Å²) in [5, 5.41) is 30.1. The number of ether oxygens (including phenoxy) is 1. The Morgan fingerprint density at radius 3 is 2.55 bits per heavy atom. The van der Waals surface area contributed by atoms with Gasteiger partial charge < -0.3 is 20.5 Å². The van der Waals surface area contributed by atoms with E-state index in [1.54, 1.807) is 10.6 Å². The molecule has 2 bridgehead atoms. The van der Waals surface area contributed by atoms with Crippen molar-refractivity contribution in [2.24, 2.45) is 0 Å². The molecule has 3 aromatic heterocycles. The Morgan fingerprint density at radius 2 is 1.88 bits per heavy atom. The van der Waals surface area contributed by atoms with Gasteiger partial charge in [-0.2, -0.15) is 10.4 Å². The minimum Gasteiger partial charge on any atom is -0.387 e. The molecule has 4 heterocycles. The van der Waals surface area contributed by atoms with Crippen molar-refractivity contribution in [1.82, 2.24) is 24.8 Å². The predicted octanol–water partition coefficient (Wildman–Crippen LogP) is 3.70. The number of pyridine rings is 1. The van der Waals surface area contributed by atoms with E-state index in [2.05, 4.69) is 31.7 Å². The van der Waals surface area contributed by atoms with Gasteiger partial charge in [0.15, 0.2) is 0 Å². The van der Waals surface area contributed by atoms with Gasteiger partial charge in [0.2, 0.25) is 0 Å². The fraction of sp³-hybridized carbons (Fsp3) is 0.548. The average Bonchev–Trinajstić information content (AvgIpc) is 3.43. The van der Waals surface area contributed by atoms with Crippen LogP contribution in [0.15, 0.2) is 36.7 Å². The Kier molecular flexibility index (Phi) is 7.41. The number of hydrogen-bond donors (Lipinski definition) is 3. The van der Waals surface area contributed by atoms with Gasteiger partial charge in [-0.25, -0.2) is 8.91 Å². The number of aromatic nitrogens is 3. The third kappa shape index (κ3) is 5.35. The molecule has 0 aromatic carbocycles. The Hall–Kier alpha value is -3.59. The number of nitriles is 1. The molecule has 4 aliphatic rings. The summed E-state index contributed by atoms with van der Waals surface area (Å²) in [5.41, 5.74) is 2.05. The van der Waals surface area contributed by atoms with Crippen molar-refractivity contribution in [3.8, 4) is 17.5 Å². The predicted molar refractivity (Wildman–Crippen MR) is 156 cm³/mol. The summed E-state index contributed by atoms with van der Waals surface area (Å²) in [6, 6.07) is 9.51. The van der Waals surface area contributed by atoms with E-state index < -0.39 is 17.7 Å². The van der Waals surface area contributed by atoms with Gasteiger partial charge >= 0.3 is 0 Å². The van der Waals surface area contributed by atoms with Crippen molar-refractivity contribution in [3.05, 3.63) is 47.8 Å². The number of halogens is 1. The number of carbonyl (C=O) groups is 1. The summed E-state index contributed by atoms with van der Waals surface area (Å²) in [4.78, 5) is 20.6. The van der Waals surface area contributed by atoms with Gasteiger partial charge in [-0.15, -0.1) is 0 Å². The van der Waals surface area contributed by atoms with Crippen molar-refractivity contribution < 1.29 is 19.0 Å². The molecule has 0 spiro atoms. The fourth-order valence-electron chi connectivity index (χ4n) is 6.81. The first-order chi connectivity index (χ1) is 20.1. The SMILES string of the molecule is CC(C)(O)[C@H](F)CNC(=O)c1cnc(-c2ccc3cc(C#N)cnn23)cc1NC12CCC(N3CCOCC3)(CC1)CC2. The number of rotatable bonds is 8. The molecule has 0 radical (unpaired) electrons. The molecule has 42 heavy (non-hydrogen) atoms. The van der Waals surface area contributed by atoms with Crippen LogP contribution in [0, 0.1) is 11.3 Å². The topological polar surface area (TPSA) is 128 Å². The third-order valence-corrected chi connectivity index (χ3v) is 9.54. The molecule has 3 N–H and O–H groups in total. The van der Waals surface area contributed by atoms with Gasteiger partial charge in [0.25, 0.3) is 5.91 Å². The summed E-state index contributed by atoms with van der Waals surface area (Å²) >= 11 is 0. The second-order valence-corrected chi connectivity index (χ2v) is 12.6. The Bertz CT molecular complexity index is 1490. The Morgan fingerprint density at radius 1 is 1.17 bits per heavy atom. The summed E-state index contributed by atoms with van der Waals surface area (Å²) in [6.45, 7) is 5.98. The highest BCUT2D eigenvalue weighted by Gasteiger charge is 2.51. The zero-order valence-electron chi connectivity index (χ0n) is 24.2. The summed E-state index contributed by atoms with van der Waals surface area (Å²) < 4.78 is 21.8. The van der Waals surface area contributed by atoms with E-state index in [4.69, 9.17) is 4.74 Å². The lowest BCUT2D eigenvalue weighted by atomic mass is 9.60. The number of carbonyl (C=O) groups excluding carboxylic acids is 1. The molecule has 1 aliphatic heterocycles. The van der Waals surface area contributed by atoms with Crippen LogP contribution in [0.3, 0.4) is 0 Å². The number of nitrogens with zero attached hydrogens (tertiary/aromatic N) is 5. The average molecular weight is 576 g/mol. The van der Waals surface area contributed by atoms with Crippen molar-refractivity contribution in [2.75, 3.05) is 38.2 Å². The number of morpholine rings is 1.